The van der Waals surface area contributed by atoms with Gasteiger partial charge in [0.2, 0.25) is 5.91 Å². The minimum absolute atomic E-state index is 0.0211. The third kappa shape index (κ3) is 4.00. The first-order valence-electron chi connectivity index (χ1n) is 6.14. The first kappa shape index (κ1) is 14.4. The van der Waals surface area contributed by atoms with E-state index in [0.29, 0.717) is 25.1 Å². The number of nitrogens with one attached hydrogen (secondary N) is 1. The highest BCUT2D eigenvalue weighted by molar-refractivity contribution is 5.76. The molecule has 0 bridgehead atoms. The van der Waals surface area contributed by atoms with Crippen molar-refractivity contribution in [1.29, 1.82) is 0 Å². The second kappa shape index (κ2) is 6.96. The van der Waals surface area contributed by atoms with Crippen LogP contribution in [0.3, 0.4) is 0 Å². The Balaban J connectivity index is 2.58. The third-order valence-corrected chi connectivity index (χ3v) is 2.89. The number of aromatic nitrogens is 1. The zero-order chi connectivity index (χ0) is 13.5. The SMILES string of the molecule is CC[C@H](O)c1ccc(N(C)CCC(=O)NC)cn1. The lowest BCUT2D eigenvalue weighted by Crippen LogP contribution is -2.26. The molecule has 1 heterocycles. The number of aliphatic hydroxyl groups is 1. The molecule has 5 nitrogen and oxygen atoms in total. The minimum atomic E-state index is -0.504. The predicted octanol–water partition coefficient (Wildman–Crippen LogP) is 1.10. The number of nitrogens with zero attached hydrogens (tertiary/aromatic N) is 2. The standard InChI is InChI=1S/C13H21N3O2/c1-4-12(17)11-6-5-10(9-15-11)16(3)8-7-13(18)14-2/h5-6,9,12,17H,4,7-8H2,1-3H3,(H,14,18)/t12-/m0/s1. The molecule has 0 spiro atoms. The van der Waals surface area contributed by atoms with Crippen LogP contribution in [0.5, 0.6) is 0 Å². The number of hydrogen-bond acceptors (Lipinski definition) is 4. The molecule has 0 aromatic carbocycles. The molecule has 100 valence electrons. The van der Waals surface area contributed by atoms with Crippen LogP contribution >= 0.6 is 0 Å². The maximum atomic E-state index is 11.1. The average Bonchev–Trinajstić information content (AvgIpc) is 2.43. The Morgan fingerprint density at radius 3 is 2.78 bits per heavy atom. The average molecular weight is 251 g/mol. The lowest BCUT2D eigenvalue weighted by molar-refractivity contribution is -0.120. The van der Waals surface area contributed by atoms with Gasteiger partial charge in [0.25, 0.3) is 0 Å². The molecule has 0 unspecified atom stereocenters. The van der Waals surface area contributed by atoms with E-state index >= 15 is 0 Å². The van der Waals surface area contributed by atoms with Gasteiger partial charge in [0.15, 0.2) is 0 Å². The van der Waals surface area contributed by atoms with E-state index in [9.17, 15) is 9.90 Å². The van der Waals surface area contributed by atoms with E-state index in [0.717, 1.165) is 5.69 Å². The Morgan fingerprint density at radius 1 is 1.56 bits per heavy atom. The molecular weight excluding hydrogens is 230 g/mol. The maximum Gasteiger partial charge on any atom is 0.221 e. The van der Waals surface area contributed by atoms with Crippen LogP contribution in [-0.2, 0) is 4.79 Å². The van der Waals surface area contributed by atoms with Crippen molar-refractivity contribution in [2.75, 3.05) is 25.5 Å². The van der Waals surface area contributed by atoms with Gasteiger partial charge in [-0.2, -0.15) is 0 Å². The van der Waals surface area contributed by atoms with E-state index in [-0.39, 0.29) is 5.91 Å². The third-order valence-electron chi connectivity index (χ3n) is 2.89. The molecule has 18 heavy (non-hydrogen) atoms. The summed E-state index contributed by atoms with van der Waals surface area (Å²) in [5.41, 5.74) is 1.62. The fraction of sp³-hybridized carbons (Fsp3) is 0.538. The molecule has 1 aromatic heterocycles. The summed E-state index contributed by atoms with van der Waals surface area (Å²) < 4.78 is 0. The van der Waals surface area contributed by atoms with Crippen LogP contribution in [-0.4, -0.2) is 36.6 Å². The molecule has 1 aromatic rings. The van der Waals surface area contributed by atoms with Crippen LogP contribution in [0, 0.1) is 0 Å². The first-order valence-corrected chi connectivity index (χ1v) is 6.14. The fourth-order valence-corrected chi connectivity index (χ4v) is 1.55. The van der Waals surface area contributed by atoms with Crippen LogP contribution in [0.25, 0.3) is 0 Å². The van der Waals surface area contributed by atoms with Gasteiger partial charge in [-0.15, -0.1) is 0 Å². The number of rotatable bonds is 6. The summed E-state index contributed by atoms with van der Waals surface area (Å²) in [5.74, 6) is 0.0211. The number of carbonyl (C=O) groups excluding carboxylic acids is 1. The number of anilines is 1. The van der Waals surface area contributed by atoms with E-state index in [1.165, 1.54) is 0 Å². The van der Waals surface area contributed by atoms with Crippen molar-refractivity contribution in [3.63, 3.8) is 0 Å². The van der Waals surface area contributed by atoms with Gasteiger partial charge in [-0.1, -0.05) is 6.92 Å². The van der Waals surface area contributed by atoms with Gasteiger partial charge in [-0.25, -0.2) is 0 Å². The normalized spacial score (nSPS) is 12.0. The summed E-state index contributed by atoms with van der Waals surface area (Å²) >= 11 is 0. The van der Waals surface area contributed by atoms with Gasteiger partial charge in [-0.3, -0.25) is 9.78 Å². The van der Waals surface area contributed by atoms with Crippen LogP contribution in [0.15, 0.2) is 18.3 Å². The summed E-state index contributed by atoms with van der Waals surface area (Å²) in [4.78, 5) is 17.3. The molecule has 1 atom stereocenters. The summed E-state index contributed by atoms with van der Waals surface area (Å²) in [7, 11) is 3.54. The molecule has 2 N–H and O–H groups in total. The van der Waals surface area contributed by atoms with Crippen molar-refractivity contribution in [3.05, 3.63) is 24.0 Å². The number of aliphatic hydroxyl groups excluding tert-OH is 1. The monoisotopic (exact) mass is 251 g/mol. The molecule has 0 aliphatic heterocycles. The van der Waals surface area contributed by atoms with Gasteiger partial charge in [-0.05, 0) is 18.6 Å². The van der Waals surface area contributed by atoms with Crippen LogP contribution in [0.2, 0.25) is 0 Å². The van der Waals surface area contributed by atoms with Crippen LogP contribution in [0.1, 0.15) is 31.6 Å². The molecule has 0 aliphatic rings. The van der Waals surface area contributed by atoms with E-state index in [1.54, 1.807) is 13.2 Å². The Bertz CT molecular complexity index is 378. The fourth-order valence-electron chi connectivity index (χ4n) is 1.55. The van der Waals surface area contributed by atoms with Crippen molar-refractivity contribution in [2.24, 2.45) is 0 Å². The molecule has 0 saturated carbocycles. The van der Waals surface area contributed by atoms with Crippen molar-refractivity contribution in [3.8, 4) is 0 Å². The molecule has 1 amide bonds. The second-order valence-corrected chi connectivity index (χ2v) is 4.21. The summed E-state index contributed by atoms with van der Waals surface area (Å²) in [6.07, 6.45) is 2.32. The minimum Gasteiger partial charge on any atom is -0.387 e. The Labute approximate surface area is 108 Å². The quantitative estimate of drug-likeness (QED) is 0.794. The van der Waals surface area contributed by atoms with Gasteiger partial charge in [0.1, 0.15) is 0 Å². The molecule has 1 rings (SSSR count). The summed E-state index contributed by atoms with van der Waals surface area (Å²) in [6, 6.07) is 3.73. The van der Waals surface area contributed by atoms with Crippen molar-refractivity contribution in [1.82, 2.24) is 10.3 Å². The first-order chi connectivity index (χ1) is 8.58. The Hall–Kier alpha value is -1.62. The summed E-state index contributed by atoms with van der Waals surface area (Å²) in [5, 5.41) is 12.2. The van der Waals surface area contributed by atoms with Gasteiger partial charge in [0, 0.05) is 27.1 Å². The topological polar surface area (TPSA) is 65.5 Å². The molecule has 0 aliphatic carbocycles. The highest BCUT2D eigenvalue weighted by Crippen LogP contribution is 2.17. The highest BCUT2D eigenvalue weighted by Gasteiger charge is 2.08. The number of pyridine rings is 1. The molecular formula is C13H21N3O2. The van der Waals surface area contributed by atoms with E-state index in [1.807, 2.05) is 31.0 Å². The molecule has 0 fully saturated rings. The molecule has 5 heteroatoms. The van der Waals surface area contributed by atoms with E-state index in [4.69, 9.17) is 0 Å². The number of amides is 1. The number of hydrogen-bond donors (Lipinski definition) is 2. The number of carbonyl (C=O) groups is 1. The van der Waals surface area contributed by atoms with Crippen molar-refractivity contribution < 1.29 is 9.90 Å². The van der Waals surface area contributed by atoms with Gasteiger partial charge < -0.3 is 15.3 Å². The van der Waals surface area contributed by atoms with E-state index < -0.39 is 6.10 Å². The van der Waals surface area contributed by atoms with Crippen LogP contribution < -0.4 is 10.2 Å². The predicted molar refractivity (Wildman–Crippen MR) is 71.4 cm³/mol. The lowest BCUT2D eigenvalue weighted by atomic mass is 10.2. The smallest absolute Gasteiger partial charge is 0.221 e. The van der Waals surface area contributed by atoms with Gasteiger partial charge in [0.05, 0.1) is 23.7 Å². The van der Waals surface area contributed by atoms with Crippen molar-refractivity contribution in [2.45, 2.75) is 25.9 Å². The highest BCUT2D eigenvalue weighted by atomic mass is 16.3. The van der Waals surface area contributed by atoms with Crippen molar-refractivity contribution >= 4 is 11.6 Å². The lowest BCUT2D eigenvalue weighted by Gasteiger charge is -2.19. The zero-order valence-electron chi connectivity index (χ0n) is 11.2. The Morgan fingerprint density at radius 2 is 2.28 bits per heavy atom. The molecule has 0 radical (unpaired) electrons. The van der Waals surface area contributed by atoms with Crippen LogP contribution in [0.4, 0.5) is 5.69 Å². The van der Waals surface area contributed by atoms with E-state index in [2.05, 4.69) is 10.3 Å². The maximum absolute atomic E-state index is 11.1. The second-order valence-electron chi connectivity index (χ2n) is 4.21. The summed E-state index contributed by atoms with van der Waals surface area (Å²) in [6.45, 7) is 2.55. The largest absolute Gasteiger partial charge is 0.387 e. The van der Waals surface area contributed by atoms with Gasteiger partial charge >= 0.3 is 0 Å². The molecule has 0 saturated heterocycles. The zero-order valence-corrected chi connectivity index (χ0v) is 11.2. The Kier molecular flexibility index (Phi) is 5.58.